The highest BCUT2D eigenvalue weighted by Crippen LogP contribution is 2.31. The van der Waals surface area contributed by atoms with Crippen LogP contribution in [0.1, 0.15) is 41.3 Å². The van der Waals surface area contributed by atoms with Crippen molar-refractivity contribution in [1.29, 1.82) is 0 Å². The minimum Gasteiger partial charge on any atom is -0.506 e. The summed E-state index contributed by atoms with van der Waals surface area (Å²) in [6, 6.07) is 18.6. The van der Waals surface area contributed by atoms with Crippen molar-refractivity contribution in [3.63, 3.8) is 0 Å². The Balaban J connectivity index is 1.22. The van der Waals surface area contributed by atoms with Gasteiger partial charge in [0.25, 0.3) is 5.91 Å². The van der Waals surface area contributed by atoms with Gasteiger partial charge in [-0.15, -0.1) is 0 Å². The van der Waals surface area contributed by atoms with Gasteiger partial charge in [-0.3, -0.25) is 14.5 Å². The highest BCUT2D eigenvalue weighted by molar-refractivity contribution is 6.05. The van der Waals surface area contributed by atoms with Crippen molar-refractivity contribution >= 4 is 22.6 Å². The number of nitrogens with one attached hydrogen (secondary N) is 1. The molecule has 2 aliphatic heterocycles. The zero-order valence-corrected chi connectivity index (χ0v) is 20.7. The summed E-state index contributed by atoms with van der Waals surface area (Å²) >= 11 is 0. The number of fused-ring (bicyclic) bond motifs is 1. The van der Waals surface area contributed by atoms with Crippen LogP contribution >= 0.6 is 0 Å². The van der Waals surface area contributed by atoms with Gasteiger partial charge in [-0.25, -0.2) is 0 Å². The molecule has 2 atom stereocenters. The number of phenols is 1. The fraction of sp³-hybridized carbons (Fsp3) is 0.379. The van der Waals surface area contributed by atoms with Gasteiger partial charge in [0.15, 0.2) is 0 Å². The van der Waals surface area contributed by atoms with E-state index >= 15 is 0 Å². The van der Waals surface area contributed by atoms with E-state index in [2.05, 4.69) is 29.3 Å². The number of hydrogen-bond donors (Lipinski definition) is 2. The van der Waals surface area contributed by atoms with Crippen LogP contribution in [0.5, 0.6) is 5.75 Å². The number of aromatic hydroxyl groups is 1. The van der Waals surface area contributed by atoms with Crippen molar-refractivity contribution in [1.82, 2.24) is 15.1 Å². The van der Waals surface area contributed by atoms with Gasteiger partial charge in [0.05, 0.1) is 18.3 Å². The van der Waals surface area contributed by atoms with Crippen molar-refractivity contribution in [3.05, 3.63) is 77.4 Å². The summed E-state index contributed by atoms with van der Waals surface area (Å²) in [6.07, 6.45) is 1.61. The van der Waals surface area contributed by atoms with E-state index in [0.717, 1.165) is 43.6 Å². The van der Waals surface area contributed by atoms with Crippen LogP contribution in [-0.2, 0) is 22.6 Å². The molecule has 7 nitrogen and oxygen atoms in total. The molecule has 2 amide bonds. The van der Waals surface area contributed by atoms with E-state index in [0.29, 0.717) is 24.9 Å². The lowest BCUT2D eigenvalue weighted by Crippen LogP contribution is -2.45. The molecule has 3 aromatic carbocycles. The fourth-order valence-corrected chi connectivity index (χ4v) is 5.30. The van der Waals surface area contributed by atoms with Crippen molar-refractivity contribution in [2.75, 3.05) is 26.2 Å². The second-order valence-electron chi connectivity index (χ2n) is 9.79. The molecule has 2 fully saturated rings. The fourth-order valence-electron chi connectivity index (χ4n) is 5.30. The van der Waals surface area contributed by atoms with Crippen molar-refractivity contribution in [2.45, 2.75) is 45.0 Å². The number of carbonyl (C=O) groups is 2. The molecule has 2 aliphatic rings. The molecule has 2 unspecified atom stereocenters. The minimum absolute atomic E-state index is 0.0318. The molecule has 36 heavy (non-hydrogen) atoms. The number of rotatable bonds is 6. The first-order valence-corrected chi connectivity index (χ1v) is 12.7. The summed E-state index contributed by atoms with van der Waals surface area (Å²) < 4.78 is 5.63. The molecule has 5 rings (SSSR count). The summed E-state index contributed by atoms with van der Waals surface area (Å²) in [7, 11) is 0. The molecule has 0 aliphatic carbocycles. The molecule has 0 bridgehead atoms. The van der Waals surface area contributed by atoms with E-state index in [1.807, 2.05) is 36.4 Å². The molecular formula is C29H33N3O4. The summed E-state index contributed by atoms with van der Waals surface area (Å²) in [5.41, 5.74) is 2.48. The number of carbonyl (C=O) groups excluding carboxylic acids is 2. The van der Waals surface area contributed by atoms with Crippen LogP contribution in [0.25, 0.3) is 10.8 Å². The number of amides is 2. The van der Waals surface area contributed by atoms with Gasteiger partial charge in [0, 0.05) is 38.1 Å². The molecular weight excluding hydrogens is 454 g/mol. The molecule has 2 N–H and O–H groups in total. The van der Waals surface area contributed by atoms with Gasteiger partial charge < -0.3 is 20.1 Å². The highest BCUT2D eigenvalue weighted by atomic mass is 16.5. The minimum atomic E-state index is -0.540. The van der Waals surface area contributed by atoms with Gasteiger partial charge in [-0.2, -0.15) is 0 Å². The van der Waals surface area contributed by atoms with Crippen LogP contribution in [0.2, 0.25) is 0 Å². The predicted octanol–water partition coefficient (Wildman–Crippen LogP) is 3.69. The third-order valence-corrected chi connectivity index (χ3v) is 7.14. The Bertz CT molecular complexity index is 1260. The first kappa shape index (κ1) is 24.3. The Labute approximate surface area is 211 Å². The Morgan fingerprint density at radius 1 is 1.06 bits per heavy atom. The van der Waals surface area contributed by atoms with Gasteiger partial charge in [-0.05, 0) is 42.3 Å². The molecule has 0 spiro atoms. The van der Waals surface area contributed by atoms with Crippen molar-refractivity contribution in [2.24, 2.45) is 0 Å². The standard InChI is InChI=1S/C29H33N3O4/c1-20-18-31(14-15-36-20)19-22-7-4-6-21(16-22)17-30-28(34)26-10-5-13-32(26)29(35)25-12-11-23-8-2-3-9-24(23)27(25)33/h2-4,6-9,11-12,16,20,26,33H,5,10,13-15,17-19H2,1H3,(H,30,34). The van der Waals surface area contributed by atoms with Crippen LogP contribution in [0.3, 0.4) is 0 Å². The lowest BCUT2D eigenvalue weighted by atomic mass is 10.0. The average molecular weight is 488 g/mol. The van der Waals surface area contributed by atoms with E-state index in [1.54, 1.807) is 17.0 Å². The maximum atomic E-state index is 13.3. The number of likely N-dealkylation sites (tertiary alicyclic amines) is 1. The molecule has 7 heteroatoms. The summed E-state index contributed by atoms with van der Waals surface area (Å²) in [6.45, 7) is 6.45. The van der Waals surface area contributed by atoms with Crippen molar-refractivity contribution in [3.8, 4) is 5.75 Å². The average Bonchev–Trinajstić information content (AvgIpc) is 3.38. The van der Waals surface area contributed by atoms with Crippen molar-refractivity contribution < 1.29 is 19.4 Å². The molecule has 2 heterocycles. The van der Waals surface area contributed by atoms with Crippen LogP contribution in [-0.4, -0.2) is 65.1 Å². The zero-order chi connectivity index (χ0) is 25.1. The number of ether oxygens (including phenoxy) is 1. The SMILES string of the molecule is CC1CN(Cc2cccc(CNC(=O)C3CCCN3C(=O)c3ccc4ccccc4c3O)c2)CCO1. The first-order valence-electron chi connectivity index (χ1n) is 12.7. The normalized spacial score (nSPS) is 20.5. The molecule has 0 aromatic heterocycles. The smallest absolute Gasteiger partial charge is 0.258 e. The Morgan fingerprint density at radius 3 is 2.75 bits per heavy atom. The summed E-state index contributed by atoms with van der Waals surface area (Å²) in [4.78, 5) is 30.4. The molecule has 188 valence electrons. The third-order valence-electron chi connectivity index (χ3n) is 7.14. The summed E-state index contributed by atoms with van der Waals surface area (Å²) in [5.74, 6) is -0.498. The van der Waals surface area contributed by atoms with E-state index in [4.69, 9.17) is 4.74 Å². The summed E-state index contributed by atoms with van der Waals surface area (Å²) in [5, 5.41) is 15.3. The molecule has 3 aromatic rings. The number of nitrogens with zero attached hydrogens (tertiary/aromatic N) is 2. The second kappa shape index (κ2) is 10.7. The molecule has 0 saturated carbocycles. The van der Waals surface area contributed by atoms with Crippen LogP contribution in [0.4, 0.5) is 0 Å². The quantitative estimate of drug-likeness (QED) is 0.554. The first-order chi connectivity index (χ1) is 17.5. The van der Waals surface area contributed by atoms with Crippen LogP contribution in [0.15, 0.2) is 60.7 Å². The Hall–Kier alpha value is -3.42. The maximum Gasteiger partial charge on any atom is 0.258 e. The number of benzene rings is 3. The monoisotopic (exact) mass is 487 g/mol. The lowest BCUT2D eigenvalue weighted by Gasteiger charge is -2.31. The molecule has 0 radical (unpaired) electrons. The van der Waals surface area contributed by atoms with Crippen LogP contribution in [0, 0.1) is 0 Å². The van der Waals surface area contributed by atoms with E-state index < -0.39 is 6.04 Å². The number of phenolic OH excluding ortho intramolecular Hbond substituents is 1. The molecule has 2 saturated heterocycles. The van der Waals surface area contributed by atoms with Gasteiger partial charge in [0.2, 0.25) is 5.91 Å². The second-order valence-corrected chi connectivity index (χ2v) is 9.79. The zero-order valence-electron chi connectivity index (χ0n) is 20.7. The highest BCUT2D eigenvalue weighted by Gasteiger charge is 2.35. The maximum absolute atomic E-state index is 13.3. The third kappa shape index (κ3) is 5.22. The number of hydrogen-bond acceptors (Lipinski definition) is 5. The van der Waals surface area contributed by atoms with Crippen LogP contribution < -0.4 is 5.32 Å². The van der Waals surface area contributed by atoms with E-state index in [-0.39, 0.29) is 29.2 Å². The van der Waals surface area contributed by atoms with Gasteiger partial charge >= 0.3 is 0 Å². The Morgan fingerprint density at radius 2 is 1.89 bits per heavy atom. The van der Waals surface area contributed by atoms with E-state index in [1.165, 1.54) is 5.56 Å². The largest absolute Gasteiger partial charge is 0.506 e. The predicted molar refractivity (Wildman–Crippen MR) is 139 cm³/mol. The lowest BCUT2D eigenvalue weighted by molar-refractivity contribution is -0.125. The van der Waals surface area contributed by atoms with E-state index in [9.17, 15) is 14.7 Å². The Kier molecular flexibility index (Phi) is 7.20. The topological polar surface area (TPSA) is 82.1 Å². The van der Waals surface area contributed by atoms with Gasteiger partial charge in [-0.1, -0.05) is 54.6 Å². The van der Waals surface area contributed by atoms with Gasteiger partial charge in [0.1, 0.15) is 11.8 Å². The number of morpholine rings is 1.